The molecule has 0 aliphatic heterocycles. The lowest BCUT2D eigenvalue weighted by Crippen LogP contribution is -2.20. The molecule has 0 radical (unpaired) electrons. The smallest absolute Gasteiger partial charge is 0.00682 e. The van der Waals surface area contributed by atoms with Crippen LogP contribution >= 0.6 is 0 Å². The van der Waals surface area contributed by atoms with Gasteiger partial charge in [-0.1, -0.05) is 36.8 Å². The molecule has 88 valence electrons. The highest BCUT2D eigenvalue weighted by atomic mass is 14.9. The largest absolute Gasteiger partial charge is 0.314 e. The summed E-state index contributed by atoms with van der Waals surface area (Å²) in [6, 6.07) is 9.75. The molecule has 0 bridgehead atoms. The SMILES string of the molecule is Cc1cccc(CC(C)CCNC2CC2)c1. The van der Waals surface area contributed by atoms with Gasteiger partial charge in [0, 0.05) is 6.04 Å². The van der Waals surface area contributed by atoms with Crippen LogP contribution in [0.1, 0.15) is 37.3 Å². The van der Waals surface area contributed by atoms with Crippen LogP contribution < -0.4 is 5.32 Å². The molecule has 1 aromatic carbocycles. The number of nitrogens with one attached hydrogen (secondary N) is 1. The Labute approximate surface area is 99.3 Å². The lowest BCUT2D eigenvalue weighted by Gasteiger charge is -2.12. The van der Waals surface area contributed by atoms with E-state index in [9.17, 15) is 0 Å². The molecule has 1 aromatic rings. The highest BCUT2D eigenvalue weighted by Gasteiger charge is 2.19. The normalized spacial score (nSPS) is 17.4. The van der Waals surface area contributed by atoms with E-state index >= 15 is 0 Å². The monoisotopic (exact) mass is 217 g/mol. The zero-order valence-corrected chi connectivity index (χ0v) is 10.5. The number of benzene rings is 1. The Bertz CT molecular complexity index is 328. The summed E-state index contributed by atoms with van der Waals surface area (Å²) in [5.74, 6) is 0.785. The topological polar surface area (TPSA) is 12.0 Å². The second-order valence-electron chi connectivity index (χ2n) is 5.32. The first-order valence-electron chi connectivity index (χ1n) is 6.53. The first kappa shape index (κ1) is 11.7. The van der Waals surface area contributed by atoms with Gasteiger partial charge < -0.3 is 5.32 Å². The highest BCUT2D eigenvalue weighted by molar-refractivity contribution is 5.22. The molecule has 2 rings (SSSR count). The van der Waals surface area contributed by atoms with E-state index in [-0.39, 0.29) is 0 Å². The van der Waals surface area contributed by atoms with E-state index in [1.807, 2.05) is 0 Å². The lowest BCUT2D eigenvalue weighted by molar-refractivity contribution is 0.497. The molecule has 0 spiro atoms. The van der Waals surface area contributed by atoms with Crippen molar-refractivity contribution in [2.45, 2.75) is 45.6 Å². The van der Waals surface area contributed by atoms with Gasteiger partial charge in [0.25, 0.3) is 0 Å². The molecule has 0 amide bonds. The fourth-order valence-corrected chi connectivity index (χ4v) is 2.16. The van der Waals surface area contributed by atoms with Crippen molar-refractivity contribution in [1.29, 1.82) is 0 Å². The van der Waals surface area contributed by atoms with Gasteiger partial charge >= 0.3 is 0 Å². The Morgan fingerprint density at radius 2 is 2.19 bits per heavy atom. The molecule has 1 aliphatic rings. The number of hydrogen-bond donors (Lipinski definition) is 1. The van der Waals surface area contributed by atoms with Crippen molar-refractivity contribution >= 4 is 0 Å². The van der Waals surface area contributed by atoms with Crippen LogP contribution in [0.5, 0.6) is 0 Å². The van der Waals surface area contributed by atoms with Gasteiger partial charge in [0.05, 0.1) is 0 Å². The van der Waals surface area contributed by atoms with E-state index in [1.54, 1.807) is 0 Å². The van der Waals surface area contributed by atoms with Gasteiger partial charge in [-0.15, -0.1) is 0 Å². The molecule has 1 saturated carbocycles. The third kappa shape index (κ3) is 3.97. The minimum atomic E-state index is 0.785. The second kappa shape index (κ2) is 5.49. The van der Waals surface area contributed by atoms with E-state index in [0.29, 0.717) is 0 Å². The van der Waals surface area contributed by atoms with Gasteiger partial charge in [0.1, 0.15) is 0 Å². The minimum absolute atomic E-state index is 0.785. The molecule has 0 aromatic heterocycles. The summed E-state index contributed by atoms with van der Waals surface area (Å²) in [7, 11) is 0. The third-order valence-electron chi connectivity index (χ3n) is 3.31. The van der Waals surface area contributed by atoms with Crippen molar-refractivity contribution in [3.05, 3.63) is 35.4 Å². The Morgan fingerprint density at radius 3 is 2.88 bits per heavy atom. The van der Waals surface area contributed by atoms with E-state index in [1.165, 1.54) is 43.4 Å². The third-order valence-corrected chi connectivity index (χ3v) is 3.31. The predicted molar refractivity (Wildman–Crippen MR) is 69.7 cm³/mol. The molecule has 1 heteroatoms. The Balaban J connectivity index is 1.70. The van der Waals surface area contributed by atoms with Crippen LogP contribution in [0.2, 0.25) is 0 Å². The number of hydrogen-bond acceptors (Lipinski definition) is 1. The van der Waals surface area contributed by atoms with Gasteiger partial charge in [-0.25, -0.2) is 0 Å². The lowest BCUT2D eigenvalue weighted by atomic mass is 9.97. The molecule has 1 nitrogen and oxygen atoms in total. The maximum absolute atomic E-state index is 3.58. The molecule has 1 N–H and O–H groups in total. The van der Waals surface area contributed by atoms with Crippen LogP contribution in [-0.2, 0) is 6.42 Å². The minimum Gasteiger partial charge on any atom is -0.314 e. The zero-order valence-electron chi connectivity index (χ0n) is 10.5. The molecule has 1 unspecified atom stereocenters. The summed E-state index contributed by atoms with van der Waals surface area (Å²) >= 11 is 0. The van der Waals surface area contributed by atoms with Crippen molar-refractivity contribution in [3.63, 3.8) is 0 Å². The van der Waals surface area contributed by atoms with E-state index in [4.69, 9.17) is 0 Å². The first-order chi connectivity index (χ1) is 7.74. The maximum Gasteiger partial charge on any atom is 0.00682 e. The second-order valence-corrected chi connectivity index (χ2v) is 5.32. The van der Waals surface area contributed by atoms with Crippen molar-refractivity contribution in [3.8, 4) is 0 Å². The predicted octanol–water partition coefficient (Wildman–Crippen LogP) is 3.32. The summed E-state index contributed by atoms with van der Waals surface area (Å²) in [6.45, 7) is 5.72. The van der Waals surface area contributed by atoms with E-state index in [2.05, 4.69) is 43.4 Å². The molecule has 1 aliphatic carbocycles. The van der Waals surface area contributed by atoms with Gasteiger partial charge in [0.2, 0.25) is 0 Å². The quantitative estimate of drug-likeness (QED) is 0.771. The Kier molecular flexibility index (Phi) is 4.00. The Morgan fingerprint density at radius 1 is 1.38 bits per heavy atom. The summed E-state index contributed by atoms with van der Waals surface area (Å²) in [4.78, 5) is 0. The fourth-order valence-electron chi connectivity index (χ4n) is 2.16. The molecule has 1 fully saturated rings. The van der Waals surface area contributed by atoms with Crippen molar-refractivity contribution in [2.75, 3.05) is 6.54 Å². The Hall–Kier alpha value is -0.820. The first-order valence-corrected chi connectivity index (χ1v) is 6.53. The van der Waals surface area contributed by atoms with Crippen LogP contribution in [0.4, 0.5) is 0 Å². The summed E-state index contributed by atoms with van der Waals surface area (Å²) in [5, 5.41) is 3.58. The summed E-state index contributed by atoms with van der Waals surface area (Å²) in [5.41, 5.74) is 2.86. The summed E-state index contributed by atoms with van der Waals surface area (Å²) in [6.07, 6.45) is 5.30. The van der Waals surface area contributed by atoms with Gasteiger partial charge in [-0.3, -0.25) is 0 Å². The van der Waals surface area contributed by atoms with Crippen LogP contribution in [0.25, 0.3) is 0 Å². The standard InChI is InChI=1S/C15H23N/c1-12-4-3-5-14(10-12)11-13(2)8-9-16-15-6-7-15/h3-5,10,13,15-16H,6-9,11H2,1-2H3. The average molecular weight is 217 g/mol. The van der Waals surface area contributed by atoms with Crippen LogP contribution in [-0.4, -0.2) is 12.6 Å². The molecular formula is C15H23N. The van der Waals surface area contributed by atoms with Gasteiger partial charge in [0.15, 0.2) is 0 Å². The van der Waals surface area contributed by atoms with Crippen LogP contribution in [0.15, 0.2) is 24.3 Å². The summed E-state index contributed by atoms with van der Waals surface area (Å²) < 4.78 is 0. The molecule has 0 saturated heterocycles. The maximum atomic E-state index is 3.58. The molecule has 1 atom stereocenters. The average Bonchev–Trinajstić information content (AvgIpc) is 3.01. The fraction of sp³-hybridized carbons (Fsp3) is 0.600. The zero-order chi connectivity index (χ0) is 11.4. The van der Waals surface area contributed by atoms with E-state index in [0.717, 1.165) is 12.0 Å². The van der Waals surface area contributed by atoms with Crippen molar-refractivity contribution in [1.82, 2.24) is 5.32 Å². The van der Waals surface area contributed by atoms with E-state index < -0.39 is 0 Å². The van der Waals surface area contributed by atoms with Crippen LogP contribution in [0.3, 0.4) is 0 Å². The van der Waals surface area contributed by atoms with Crippen LogP contribution in [0, 0.1) is 12.8 Å². The molecule has 16 heavy (non-hydrogen) atoms. The highest BCUT2D eigenvalue weighted by Crippen LogP contribution is 2.19. The molecule has 0 heterocycles. The van der Waals surface area contributed by atoms with Crippen molar-refractivity contribution in [2.24, 2.45) is 5.92 Å². The van der Waals surface area contributed by atoms with Gasteiger partial charge in [-0.2, -0.15) is 0 Å². The molecular weight excluding hydrogens is 194 g/mol. The van der Waals surface area contributed by atoms with Gasteiger partial charge in [-0.05, 0) is 50.6 Å². The number of rotatable bonds is 6. The van der Waals surface area contributed by atoms with Crippen molar-refractivity contribution < 1.29 is 0 Å². The number of aryl methyl sites for hydroxylation is 1.